The second-order valence-corrected chi connectivity index (χ2v) is 14.9. The molecule has 7 rings (SSSR count). The monoisotopic (exact) mass is 668 g/mol. The first-order valence-corrected chi connectivity index (χ1v) is 16.6. The molecular formula is C31H29BrN2O6S2. The number of aryl methyl sites for hydroxylation is 1. The summed E-state index contributed by atoms with van der Waals surface area (Å²) >= 11 is 6.53. The molecule has 8 nitrogen and oxygen atoms in total. The van der Waals surface area contributed by atoms with Gasteiger partial charge in [0.25, 0.3) is 0 Å². The number of halogens is 1. The highest BCUT2D eigenvalue weighted by atomic mass is 79.9. The standard InChI is InChI=1S/C31H29BrN2O6S2/c1-14-4-2-5-15(10-14)13-40-20-8-7-16(32)11-17(20)22-23-18-12-19(26(23)41-28-27(22)42-31(39)33-28)25-24(18)29(37)34(30(25)38)9-3-6-21(35)36/h2,4-5,7-8,10-11,18-19,22-26H,3,6,9,12-13H2,1H3,(H,33,39)(H,35,36)/t18?,19?,22-,23?,24?,25?,26?/m1/s1. The molecule has 2 amide bonds. The van der Waals surface area contributed by atoms with Crippen molar-refractivity contribution in [1.29, 1.82) is 0 Å². The maximum absolute atomic E-state index is 13.7. The third-order valence-corrected chi connectivity index (χ3v) is 12.5. The molecule has 7 atom stereocenters. The predicted molar refractivity (Wildman–Crippen MR) is 162 cm³/mol. The molecule has 3 heterocycles. The molecule has 2 aliphatic carbocycles. The largest absolute Gasteiger partial charge is 0.489 e. The van der Waals surface area contributed by atoms with Crippen molar-refractivity contribution >= 4 is 56.8 Å². The zero-order valence-electron chi connectivity index (χ0n) is 22.7. The minimum atomic E-state index is -0.936. The van der Waals surface area contributed by atoms with Crippen LogP contribution < -0.4 is 9.61 Å². The number of benzene rings is 2. The molecule has 3 fully saturated rings. The van der Waals surface area contributed by atoms with Gasteiger partial charge in [0.2, 0.25) is 11.8 Å². The van der Waals surface area contributed by atoms with Crippen molar-refractivity contribution in [3.05, 3.63) is 78.2 Å². The van der Waals surface area contributed by atoms with Gasteiger partial charge in [-0.2, -0.15) is 0 Å². The van der Waals surface area contributed by atoms with Gasteiger partial charge in [-0.05, 0) is 61.3 Å². The Bertz CT molecular complexity index is 1670. The molecule has 11 heteroatoms. The van der Waals surface area contributed by atoms with Crippen molar-refractivity contribution < 1.29 is 24.2 Å². The number of aromatic amines is 1. The molecule has 2 bridgehead atoms. The van der Waals surface area contributed by atoms with Crippen LogP contribution in [0.4, 0.5) is 0 Å². The van der Waals surface area contributed by atoms with Crippen LogP contribution >= 0.6 is 39.0 Å². The molecule has 0 radical (unpaired) electrons. The van der Waals surface area contributed by atoms with Crippen molar-refractivity contribution in [1.82, 2.24) is 9.88 Å². The highest BCUT2D eigenvalue weighted by molar-refractivity contribution is 9.10. The number of carboxylic acids is 1. The summed E-state index contributed by atoms with van der Waals surface area (Å²) in [6.45, 7) is 2.59. The summed E-state index contributed by atoms with van der Waals surface area (Å²) in [6, 6.07) is 14.2. The number of hydrogen-bond acceptors (Lipinski definition) is 7. The number of aromatic nitrogens is 1. The van der Waals surface area contributed by atoms with Gasteiger partial charge in [-0.15, -0.1) is 11.8 Å². The van der Waals surface area contributed by atoms with Crippen molar-refractivity contribution in [3.63, 3.8) is 0 Å². The molecule has 6 unspecified atom stereocenters. The van der Waals surface area contributed by atoms with Gasteiger partial charge in [0.15, 0.2) is 0 Å². The molecule has 218 valence electrons. The second-order valence-electron chi connectivity index (χ2n) is 11.7. The fourth-order valence-corrected chi connectivity index (χ4v) is 11.2. The third-order valence-electron chi connectivity index (χ3n) is 9.37. The zero-order chi connectivity index (χ0) is 29.3. The molecule has 0 spiro atoms. The zero-order valence-corrected chi connectivity index (χ0v) is 26.0. The Morgan fingerprint density at radius 1 is 1.12 bits per heavy atom. The van der Waals surface area contributed by atoms with Crippen molar-refractivity contribution in [2.75, 3.05) is 6.54 Å². The van der Waals surface area contributed by atoms with E-state index in [0.717, 1.165) is 43.2 Å². The molecule has 1 saturated heterocycles. The summed E-state index contributed by atoms with van der Waals surface area (Å²) in [6.07, 6.45) is 0.968. The maximum Gasteiger partial charge on any atom is 0.305 e. The fraction of sp³-hybridized carbons (Fsp3) is 0.419. The van der Waals surface area contributed by atoms with Gasteiger partial charge in [-0.1, -0.05) is 57.1 Å². The molecule has 1 aromatic heterocycles. The number of rotatable bonds is 8. The highest BCUT2D eigenvalue weighted by Gasteiger charge is 2.69. The second kappa shape index (κ2) is 10.7. The van der Waals surface area contributed by atoms with E-state index in [0.29, 0.717) is 6.61 Å². The fourth-order valence-electron chi connectivity index (χ4n) is 7.89. The molecule has 2 saturated carbocycles. The summed E-state index contributed by atoms with van der Waals surface area (Å²) in [5.41, 5.74) is 3.20. The topological polar surface area (TPSA) is 117 Å². The number of H-pyrrole nitrogens is 1. The van der Waals surface area contributed by atoms with Crippen molar-refractivity contribution in [3.8, 4) is 5.75 Å². The lowest BCUT2D eigenvalue weighted by atomic mass is 9.68. The summed E-state index contributed by atoms with van der Waals surface area (Å²) < 4.78 is 7.35. The first kappa shape index (κ1) is 27.9. The first-order valence-electron chi connectivity index (χ1n) is 14.2. The van der Waals surface area contributed by atoms with Crippen LogP contribution in [-0.4, -0.2) is 44.6 Å². The van der Waals surface area contributed by atoms with Gasteiger partial charge in [0.1, 0.15) is 12.4 Å². The lowest BCUT2D eigenvalue weighted by Gasteiger charge is -2.43. The predicted octanol–water partition coefficient (Wildman–Crippen LogP) is 5.42. The summed E-state index contributed by atoms with van der Waals surface area (Å²) in [5, 5.41) is 9.98. The minimum Gasteiger partial charge on any atom is -0.489 e. The van der Waals surface area contributed by atoms with Gasteiger partial charge in [-0.3, -0.25) is 24.1 Å². The number of nitrogens with zero attached hydrogens (tertiary/aromatic N) is 1. The number of likely N-dealkylation sites (tertiary alicyclic amines) is 1. The molecule has 4 aliphatic rings. The van der Waals surface area contributed by atoms with E-state index in [-0.39, 0.29) is 70.9 Å². The molecule has 42 heavy (non-hydrogen) atoms. The number of carbonyl (C=O) groups excluding carboxylic acids is 2. The Balaban J connectivity index is 1.26. The number of thiazole rings is 1. The van der Waals surface area contributed by atoms with Crippen LogP contribution in [0, 0.1) is 36.5 Å². The minimum absolute atomic E-state index is 0.0128. The van der Waals surface area contributed by atoms with Crippen LogP contribution in [-0.2, 0) is 21.0 Å². The molecule has 2 N–H and O–H groups in total. The van der Waals surface area contributed by atoms with E-state index >= 15 is 0 Å². The summed E-state index contributed by atoms with van der Waals surface area (Å²) in [7, 11) is 0. The molecule has 3 aromatic rings. The quantitative estimate of drug-likeness (QED) is 0.308. The number of amides is 2. The Kier molecular flexibility index (Phi) is 7.10. The van der Waals surface area contributed by atoms with Crippen LogP contribution in [0.3, 0.4) is 0 Å². The summed E-state index contributed by atoms with van der Waals surface area (Å²) in [5.74, 6) is -1.43. The van der Waals surface area contributed by atoms with E-state index in [2.05, 4.69) is 46.0 Å². The Hall–Kier alpha value is -2.89. The van der Waals surface area contributed by atoms with E-state index < -0.39 is 11.9 Å². The van der Waals surface area contributed by atoms with Crippen LogP contribution in [0.15, 0.2) is 56.8 Å². The smallest absolute Gasteiger partial charge is 0.305 e. The number of carbonyl (C=O) groups is 3. The third kappa shape index (κ3) is 4.55. The van der Waals surface area contributed by atoms with E-state index in [4.69, 9.17) is 9.84 Å². The van der Waals surface area contributed by atoms with Gasteiger partial charge in [-0.25, -0.2) is 0 Å². The SMILES string of the molecule is Cc1cccc(COc2ccc(Br)cc2[C@H]2c3sc(=O)[nH]c3SC3C4CC(C5C(=O)N(CCCC(=O)O)C(=O)C45)C32)c1. The van der Waals surface area contributed by atoms with E-state index in [1.54, 1.807) is 11.8 Å². The number of imide groups is 1. The lowest BCUT2D eigenvalue weighted by molar-refractivity contribution is -0.142. The number of aliphatic carboxylic acids is 1. The number of hydrogen-bond donors (Lipinski definition) is 2. The van der Waals surface area contributed by atoms with E-state index in [1.165, 1.54) is 16.2 Å². The van der Waals surface area contributed by atoms with Crippen LogP contribution in [0.2, 0.25) is 0 Å². The Morgan fingerprint density at radius 3 is 2.67 bits per heavy atom. The van der Waals surface area contributed by atoms with E-state index in [1.807, 2.05) is 24.3 Å². The average Bonchev–Trinajstić information content (AvgIpc) is 3.68. The Morgan fingerprint density at radius 2 is 1.90 bits per heavy atom. The van der Waals surface area contributed by atoms with Gasteiger partial charge >= 0.3 is 10.8 Å². The molecule has 2 aromatic carbocycles. The van der Waals surface area contributed by atoms with Gasteiger partial charge < -0.3 is 14.8 Å². The number of carboxylic acid groups (broad SMARTS) is 1. The lowest BCUT2D eigenvalue weighted by Crippen LogP contribution is -2.42. The van der Waals surface area contributed by atoms with Crippen LogP contribution in [0.25, 0.3) is 0 Å². The normalized spacial score (nSPS) is 29.0. The molecule has 2 aliphatic heterocycles. The highest BCUT2D eigenvalue weighted by Crippen LogP contribution is 2.69. The van der Waals surface area contributed by atoms with Crippen molar-refractivity contribution in [2.45, 2.75) is 49.0 Å². The van der Waals surface area contributed by atoms with Gasteiger partial charge in [0, 0.05) is 39.0 Å². The Labute approximate surface area is 259 Å². The van der Waals surface area contributed by atoms with Gasteiger partial charge in [0.05, 0.1) is 16.9 Å². The van der Waals surface area contributed by atoms with Crippen LogP contribution in [0.1, 0.15) is 46.7 Å². The molecular weight excluding hydrogens is 640 g/mol. The number of ether oxygens (including phenoxy) is 1. The number of nitrogens with one attached hydrogen (secondary N) is 1. The van der Waals surface area contributed by atoms with E-state index in [9.17, 15) is 19.2 Å². The maximum atomic E-state index is 13.7. The van der Waals surface area contributed by atoms with Crippen molar-refractivity contribution in [2.24, 2.45) is 29.6 Å². The number of fused-ring (bicyclic) bond motifs is 9. The average molecular weight is 670 g/mol. The van der Waals surface area contributed by atoms with Crippen LogP contribution in [0.5, 0.6) is 5.75 Å². The number of thioether (sulfide) groups is 1. The first-order chi connectivity index (χ1) is 20.2. The summed E-state index contributed by atoms with van der Waals surface area (Å²) in [4.78, 5) is 56.2.